The average molecular weight is 624 g/mol. The number of likely N-dealkylation sites (N-methyl/N-ethyl adjacent to an activating group) is 1. The van der Waals surface area contributed by atoms with Crippen LogP contribution in [0.4, 0.5) is 0 Å². The number of para-hydroxylation sites is 1. The molecule has 0 aliphatic carbocycles. The molecule has 2 aliphatic rings. The van der Waals surface area contributed by atoms with Gasteiger partial charge in [0.2, 0.25) is 12.7 Å². The fourth-order valence-corrected chi connectivity index (χ4v) is 4.84. The summed E-state index contributed by atoms with van der Waals surface area (Å²) in [6, 6.07) is 11.9. The molecule has 1 saturated heterocycles. The van der Waals surface area contributed by atoms with E-state index in [9.17, 15) is 34.1 Å². The van der Waals surface area contributed by atoms with Gasteiger partial charge in [0.25, 0.3) is 0 Å². The summed E-state index contributed by atoms with van der Waals surface area (Å²) in [5.74, 6) is -4.59. The number of carbonyl (C=O) groups excluding carboxylic acids is 5. The van der Waals surface area contributed by atoms with Crippen LogP contribution in [0.2, 0.25) is 0 Å². The molecule has 2 unspecified atom stereocenters. The molecule has 0 saturated carbocycles. The highest BCUT2D eigenvalue weighted by atomic mass is 16.7. The van der Waals surface area contributed by atoms with Gasteiger partial charge in [0.05, 0.1) is 11.4 Å². The van der Waals surface area contributed by atoms with Crippen LogP contribution in [0, 0.1) is 5.41 Å². The van der Waals surface area contributed by atoms with Crippen molar-refractivity contribution in [2.45, 2.75) is 52.5 Å². The summed E-state index contributed by atoms with van der Waals surface area (Å²) in [6.07, 6.45) is -1.60. The van der Waals surface area contributed by atoms with Crippen molar-refractivity contribution in [3.63, 3.8) is 0 Å². The molecule has 3 amide bonds. The Morgan fingerprint density at radius 2 is 1.76 bits per heavy atom. The average Bonchev–Trinajstić information content (AvgIpc) is 3.00. The van der Waals surface area contributed by atoms with Crippen LogP contribution in [0.3, 0.4) is 0 Å². The minimum Gasteiger partial charge on any atom is -0.534 e. The Bertz CT molecular complexity index is 1430. The van der Waals surface area contributed by atoms with E-state index in [-0.39, 0.29) is 30.8 Å². The monoisotopic (exact) mass is 624 g/mol. The summed E-state index contributed by atoms with van der Waals surface area (Å²) in [5, 5.41) is 27.2. The zero-order chi connectivity index (χ0) is 32.9. The number of ether oxygens (including phenoxy) is 2. The van der Waals surface area contributed by atoms with Gasteiger partial charge in [-0.15, -0.1) is 0 Å². The van der Waals surface area contributed by atoms with Gasteiger partial charge in [-0.25, -0.2) is 4.79 Å². The van der Waals surface area contributed by atoms with Gasteiger partial charge in [0, 0.05) is 19.6 Å². The Morgan fingerprint density at radius 1 is 1.04 bits per heavy atom. The van der Waals surface area contributed by atoms with Crippen molar-refractivity contribution in [3.8, 4) is 5.75 Å². The van der Waals surface area contributed by atoms with E-state index in [1.807, 2.05) is 0 Å². The Hall–Kier alpha value is -4.47. The molecular formula is C30H37BN4O10. The third-order valence-corrected chi connectivity index (χ3v) is 7.39. The van der Waals surface area contributed by atoms with Crippen LogP contribution >= 0.6 is 0 Å². The number of rotatable bonds is 10. The Labute approximate surface area is 260 Å². The normalized spacial score (nSPS) is 18.0. The van der Waals surface area contributed by atoms with E-state index in [1.54, 1.807) is 70.2 Å². The highest BCUT2D eigenvalue weighted by Crippen LogP contribution is 2.31. The van der Waals surface area contributed by atoms with Crippen molar-refractivity contribution in [1.29, 1.82) is 0 Å². The Morgan fingerprint density at radius 3 is 2.42 bits per heavy atom. The van der Waals surface area contributed by atoms with Crippen molar-refractivity contribution in [2.24, 2.45) is 5.41 Å². The zero-order valence-electron chi connectivity index (χ0n) is 25.5. The molecule has 0 bridgehead atoms. The standard InChI is InChI=1S/C30H37BN4O10/c1-5-34-14-15-35(26(38)25(34)37)29(41)33-22(18-10-7-6-8-11-18)24(36)32-21-16-19-12-9-13-20(23(19)45-31(21)42)27(39)43-17-44-28(40)30(2,3)4/h6-13,21-22,29,33,41-42H,5,14-17H2,1-4H3,(H,32,36)/t21-,22?,29?/m0/s1. The topological polar surface area (TPSA) is 184 Å². The summed E-state index contributed by atoms with van der Waals surface area (Å²) < 4.78 is 15.7. The minimum atomic E-state index is -1.67. The van der Waals surface area contributed by atoms with Crippen molar-refractivity contribution in [3.05, 3.63) is 65.2 Å². The van der Waals surface area contributed by atoms with E-state index in [0.29, 0.717) is 17.7 Å². The molecule has 14 nitrogen and oxygen atoms in total. The van der Waals surface area contributed by atoms with Crippen LogP contribution in [0.15, 0.2) is 48.5 Å². The van der Waals surface area contributed by atoms with Gasteiger partial charge in [0.15, 0.2) is 6.35 Å². The largest absolute Gasteiger partial charge is 0.547 e. The van der Waals surface area contributed by atoms with Crippen LogP contribution in [0.1, 0.15) is 55.2 Å². The molecule has 45 heavy (non-hydrogen) atoms. The fourth-order valence-electron chi connectivity index (χ4n) is 4.84. The molecule has 2 aliphatic heterocycles. The number of fused-ring (bicyclic) bond motifs is 1. The van der Waals surface area contributed by atoms with Gasteiger partial charge in [-0.05, 0) is 51.3 Å². The maximum atomic E-state index is 13.6. The molecule has 4 rings (SSSR count). The lowest BCUT2D eigenvalue weighted by Gasteiger charge is -2.37. The second-order valence-electron chi connectivity index (χ2n) is 11.6. The van der Waals surface area contributed by atoms with E-state index in [1.165, 1.54) is 11.0 Å². The highest BCUT2D eigenvalue weighted by Gasteiger charge is 2.41. The molecule has 2 aromatic carbocycles. The predicted octanol–water partition coefficient (Wildman–Crippen LogP) is 0.127. The number of hydrogen-bond donors (Lipinski definition) is 4. The lowest BCUT2D eigenvalue weighted by Crippen LogP contribution is -2.62. The number of piperazine rings is 1. The maximum absolute atomic E-state index is 13.6. The van der Waals surface area contributed by atoms with Crippen molar-refractivity contribution < 1.29 is 48.2 Å². The number of hydrogen-bond acceptors (Lipinski definition) is 11. The molecule has 0 radical (unpaired) electrons. The highest BCUT2D eigenvalue weighted by molar-refractivity contribution is 6.47. The molecule has 2 aromatic rings. The van der Waals surface area contributed by atoms with Crippen LogP contribution < -0.4 is 15.3 Å². The summed E-state index contributed by atoms with van der Waals surface area (Å²) in [5.41, 5.74) is 0.161. The molecule has 2 heterocycles. The summed E-state index contributed by atoms with van der Waals surface area (Å²) >= 11 is 0. The molecule has 4 N–H and O–H groups in total. The van der Waals surface area contributed by atoms with E-state index in [0.717, 1.165) is 4.90 Å². The zero-order valence-corrected chi connectivity index (χ0v) is 25.5. The predicted molar refractivity (Wildman–Crippen MR) is 159 cm³/mol. The van der Waals surface area contributed by atoms with E-state index >= 15 is 0 Å². The first-order chi connectivity index (χ1) is 21.3. The van der Waals surface area contributed by atoms with Crippen LogP contribution in [0.5, 0.6) is 5.75 Å². The Kier molecular flexibility index (Phi) is 10.5. The summed E-state index contributed by atoms with van der Waals surface area (Å²) in [7, 11) is -1.57. The molecule has 0 spiro atoms. The lowest BCUT2D eigenvalue weighted by atomic mass is 9.72. The second kappa shape index (κ2) is 14.1. The SMILES string of the molecule is CCN1CCN(C(O)NC(C(=O)N[C@H]2Cc3cccc(C(=O)OCOC(=O)C(C)(C)C)c3OB2O)c2ccccc2)C(=O)C1=O. The van der Waals surface area contributed by atoms with Gasteiger partial charge in [-0.2, -0.15) is 0 Å². The van der Waals surface area contributed by atoms with Gasteiger partial charge < -0.3 is 34.5 Å². The number of benzene rings is 2. The lowest BCUT2D eigenvalue weighted by molar-refractivity contribution is -0.166. The number of amides is 3. The molecule has 3 atom stereocenters. The first-order valence-corrected chi connectivity index (χ1v) is 14.5. The van der Waals surface area contributed by atoms with Crippen LogP contribution in [-0.2, 0) is 35.1 Å². The third-order valence-electron chi connectivity index (χ3n) is 7.39. The van der Waals surface area contributed by atoms with Crippen molar-refractivity contribution in [2.75, 3.05) is 26.4 Å². The number of aliphatic hydroxyl groups is 1. The first-order valence-electron chi connectivity index (χ1n) is 14.5. The summed E-state index contributed by atoms with van der Waals surface area (Å²) in [4.78, 5) is 65.6. The Balaban J connectivity index is 1.45. The van der Waals surface area contributed by atoms with Gasteiger partial charge >= 0.3 is 30.9 Å². The number of nitrogens with zero attached hydrogens (tertiary/aromatic N) is 2. The van der Waals surface area contributed by atoms with Crippen LogP contribution in [0.25, 0.3) is 0 Å². The van der Waals surface area contributed by atoms with Gasteiger partial charge in [0.1, 0.15) is 17.4 Å². The maximum Gasteiger partial charge on any atom is 0.547 e. The van der Waals surface area contributed by atoms with E-state index in [4.69, 9.17) is 14.1 Å². The van der Waals surface area contributed by atoms with E-state index < -0.39 is 67.3 Å². The van der Waals surface area contributed by atoms with E-state index in [2.05, 4.69) is 10.6 Å². The first kappa shape index (κ1) is 33.4. The molecule has 15 heteroatoms. The third kappa shape index (κ3) is 7.79. The van der Waals surface area contributed by atoms with Gasteiger partial charge in [-0.3, -0.25) is 29.4 Å². The number of aliphatic hydroxyl groups excluding tert-OH is 1. The second-order valence-corrected chi connectivity index (χ2v) is 11.6. The molecular weight excluding hydrogens is 587 g/mol. The fraction of sp³-hybridized carbons (Fsp3) is 0.433. The molecule has 0 aromatic heterocycles. The van der Waals surface area contributed by atoms with Crippen molar-refractivity contribution in [1.82, 2.24) is 20.4 Å². The number of nitrogens with one attached hydrogen (secondary N) is 2. The number of carbonyl (C=O) groups is 5. The summed E-state index contributed by atoms with van der Waals surface area (Å²) in [6.45, 7) is 6.76. The number of esters is 2. The minimum absolute atomic E-state index is 0.00234. The smallest absolute Gasteiger partial charge is 0.534 e. The quantitative estimate of drug-likeness (QED) is 0.122. The molecule has 240 valence electrons. The molecule has 1 fully saturated rings. The van der Waals surface area contributed by atoms with Crippen molar-refractivity contribution >= 4 is 36.8 Å². The van der Waals surface area contributed by atoms with Gasteiger partial charge in [-0.1, -0.05) is 42.5 Å². The van der Waals surface area contributed by atoms with Crippen LogP contribution in [-0.4, -0.2) is 95.4 Å².